The molecular weight excluding hydrogens is 338 g/mol. The van der Waals surface area contributed by atoms with Crippen LogP contribution < -0.4 is 5.32 Å². The summed E-state index contributed by atoms with van der Waals surface area (Å²) in [7, 11) is 0. The number of halogens is 2. The molecule has 4 nitrogen and oxygen atoms in total. The average Bonchev–Trinajstić information content (AvgIpc) is 2.94. The van der Waals surface area contributed by atoms with Gasteiger partial charge in [0, 0.05) is 12.6 Å². The van der Waals surface area contributed by atoms with Crippen LogP contribution in [0.2, 0.25) is 0 Å². The van der Waals surface area contributed by atoms with Gasteiger partial charge in [0.1, 0.15) is 11.6 Å². The van der Waals surface area contributed by atoms with E-state index in [1.165, 1.54) is 25.7 Å². The quantitative estimate of drug-likeness (QED) is 0.405. The average molecular weight is 377 g/mol. The van der Waals surface area contributed by atoms with Crippen LogP contribution in [0.5, 0.6) is 0 Å². The van der Waals surface area contributed by atoms with E-state index in [1.54, 1.807) is 4.90 Å². The van der Waals surface area contributed by atoms with Crippen molar-refractivity contribution in [3.8, 4) is 0 Å². The van der Waals surface area contributed by atoms with Crippen LogP contribution >= 0.6 is 0 Å². The van der Waals surface area contributed by atoms with Crippen molar-refractivity contribution in [3.05, 3.63) is 0 Å². The summed E-state index contributed by atoms with van der Waals surface area (Å²) in [5.41, 5.74) is -0.518. The number of nitrogens with zero attached hydrogens (tertiary/aromatic N) is 1. The van der Waals surface area contributed by atoms with Crippen molar-refractivity contribution in [2.75, 3.05) is 19.6 Å². The SMILES string of the molecule is CCCCCCCC[C@@H](NC1CCN(CC(F)F)C1)C(=O)OC(C)(C)C. The summed E-state index contributed by atoms with van der Waals surface area (Å²) in [6, 6.07) is -0.275. The summed E-state index contributed by atoms with van der Waals surface area (Å²) < 4.78 is 30.7. The molecule has 2 atom stereocenters. The lowest BCUT2D eigenvalue weighted by atomic mass is 10.0. The molecule has 0 spiro atoms. The van der Waals surface area contributed by atoms with E-state index >= 15 is 0 Å². The summed E-state index contributed by atoms with van der Waals surface area (Å²) in [5.74, 6) is -0.224. The molecule has 0 bridgehead atoms. The van der Waals surface area contributed by atoms with Crippen LogP contribution in [0, 0.1) is 0 Å². The minimum atomic E-state index is -2.31. The van der Waals surface area contributed by atoms with Crippen LogP contribution in [0.1, 0.15) is 79.1 Å². The maximum Gasteiger partial charge on any atom is 0.323 e. The first-order valence-electron chi connectivity index (χ1n) is 10.2. The zero-order chi connectivity index (χ0) is 19.6. The molecule has 0 saturated carbocycles. The predicted octanol–water partition coefficient (Wildman–Crippen LogP) is 4.38. The second kappa shape index (κ2) is 11.9. The fourth-order valence-electron chi connectivity index (χ4n) is 3.39. The van der Waals surface area contributed by atoms with Gasteiger partial charge in [-0.2, -0.15) is 0 Å². The molecule has 0 amide bonds. The number of alkyl halides is 2. The highest BCUT2D eigenvalue weighted by molar-refractivity contribution is 5.76. The number of carbonyl (C=O) groups is 1. The van der Waals surface area contributed by atoms with E-state index < -0.39 is 12.0 Å². The normalized spacial score (nSPS) is 19.9. The fraction of sp³-hybridized carbons (Fsp3) is 0.950. The van der Waals surface area contributed by atoms with Gasteiger partial charge in [-0.3, -0.25) is 9.69 Å². The van der Waals surface area contributed by atoms with E-state index in [1.807, 2.05) is 20.8 Å². The largest absolute Gasteiger partial charge is 0.459 e. The highest BCUT2D eigenvalue weighted by atomic mass is 19.3. The Morgan fingerprint density at radius 2 is 1.85 bits per heavy atom. The molecule has 1 saturated heterocycles. The number of esters is 1. The van der Waals surface area contributed by atoms with Crippen LogP contribution in [-0.4, -0.2) is 54.6 Å². The maximum absolute atomic E-state index is 12.6. The van der Waals surface area contributed by atoms with Gasteiger partial charge in [-0.25, -0.2) is 8.78 Å². The Morgan fingerprint density at radius 3 is 2.46 bits per heavy atom. The minimum Gasteiger partial charge on any atom is -0.459 e. The van der Waals surface area contributed by atoms with Gasteiger partial charge < -0.3 is 10.1 Å². The Balaban J connectivity index is 2.48. The molecule has 1 aliphatic rings. The monoisotopic (exact) mass is 376 g/mol. The summed E-state index contributed by atoms with van der Waals surface area (Å²) in [6.07, 6.45) is 6.24. The Kier molecular flexibility index (Phi) is 10.6. The molecule has 0 radical (unpaired) electrons. The van der Waals surface area contributed by atoms with Gasteiger partial charge in [0.25, 0.3) is 6.43 Å². The second-order valence-corrected chi connectivity index (χ2v) is 8.45. The van der Waals surface area contributed by atoms with Crippen LogP contribution in [0.25, 0.3) is 0 Å². The standard InChI is InChI=1S/C20H38F2N2O2/c1-5-6-7-8-9-10-11-17(19(25)26-20(2,3)4)23-16-12-13-24(14-16)15-18(21)22/h16-18,23H,5-15H2,1-4H3/t16?,17-/m1/s1. The van der Waals surface area contributed by atoms with Crippen LogP contribution in [0.3, 0.4) is 0 Å². The molecule has 0 aromatic rings. The first-order valence-corrected chi connectivity index (χ1v) is 10.2. The third kappa shape index (κ3) is 10.4. The lowest BCUT2D eigenvalue weighted by molar-refractivity contribution is -0.158. The Hall–Kier alpha value is -0.750. The number of nitrogens with one attached hydrogen (secondary N) is 1. The lowest BCUT2D eigenvalue weighted by Crippen LogP contribution is -2.47. The van der Waals surface area contributed by atoms with Crippen LogP contribution in [-0.2, 0) is 9.53 Å². The van der Waals surface area contributed by atoms with Crippen molar-refractivity contribution in [3.63, 3.8) is 0 Å². The topological polar surface area (TPSA) is 41.6 Å². The smallest absolute Gasteiger partial charge is 0.323 e. The number of carbonyl (C=O) groups excluding carboxylic acids is 1. The number of ether oxygens (including phenoxy) is 1. The molecule has 0 aromatic heterocycles. The predicted molar refractivity (Wildman–Crippen MR) is 102 cm³/mol. The molecule has 1 unspecified atom stereocenters. The Morgan fingerprint density at radius 1 is 1.19 bits per heavy atom. The maximum atomic E-state index is 12.6. The summed E-state index contributed by atoms with van der Waals surface area (Å²) >= 11 is 0. The third-order valence-electron chi connectivity index (χ3n) is 4.64. The molecule has 1 fully saturated rings. The number of rotatable bonds is 12. The van der Waals surface area contributed by atoms with E-state index in [0.29, 0.717) is 13.1 Å². The molecule has 1 heterocycles. The van der Waals surface area contributed by atoms with Crippen molar-refractivity contribution in [2.24, 2.45) is 0 Å². The third-order valence-corrected chi connectivity index (χ3v) is 4.64. The zero-order valence-electron chi connectivity index (χ0n) is 17.0. The van der Waals surface area contributed by atoms with Gasteiger partial charge in [0.05, 0.1) is 6.54 Å². The minimum absolute atomic E-state index is 0.0753. The van der Waals surface area contributed by atoms with Crippen molar-refractivity contribution in [1.82, 2.24) is 10.2 Å². The lowest BCUT2D eigenvalue weighted by Gasteiger charge is -2.27. The molecule has 26 heavy (non-hydrogen) atoms. The first-order chi connectivity index (χ1) is 12.2. The van der Waals surface area contributed by atoms with E-state index in [0.717, 1.165) is 25.7 Å². The van der Waals surface area contributed by atoms with Gasteiger partial charge in [0.2, 0.25) is 0 Å². The van der Waals surface area contributed by atoms with Gasteiger partial charge in [-0.15, -0.1) is 0 Å². The fourth-order valence-corrected chi connectivity index (χ4v) is 3.39. The van der Waals surface area contributed by atoms with E-state index in [9.17, 15) is 13.6 Å². The van der Waals surface area contributed by atoms with Gasteiger partial charge >= 0.3 is 5.97 Å². The molecule has 1 rings (SSSR count). The number of hydrogen-bond acceptors (Lipinski definition) is 4. The molecule has 0 aliphatic carbocycles. The van der Waals surface area contributed by atoms with Gasteiger partial charge in [-0.1, -0.05) is 45.4 Å². The van der Waals surface area contributed by atoms with Crippen molar-refractivity contribution < 1.29 is 18.3 Å². The molecular formula is C20H38F2N2O2. The van der Waals surface area contributed by atoms with Crippen LogP contribution in [0.4, 0.5) is 8.78 Å². The number of unbranched alkanes of at least 4 members (excludes halogenated alkanes) is 5. The molecule has 154 valence electrons. The highest BCUT2D eigenvalue weighted by Gasteiger charge is 2.30. The van der Waals surface area contributed by atoms with Crippen molar-refractivity contribution in [2.45, 2.75) is 103 Å². The van der Waals surface area contributed by atoms with E-state index in [2.05, 4.69) is 12.2 Å². The van der Waals surface area contributed by atoms with E-state index in [4.69, 9.17) is 4.74 Å². The van der Waals surface area contributed by atoms with Crippen molar-refractivity contribution in [1.29, 1.82) is 0 Å². The summed E-state index contributed by atoms with van der Waals surface area (Å²) in [5, 5.41) is 3.38. The molecule has 1 aliphatic heterocycles. The number of hydrogen-bond donors (Lipinski definition) is 1. The first kappa shape index (κ1) is 23.3. The number of likely N-dealkylation sites (tertiary alicyclic amines) is 1. The highest BCUT2D eigenvalue weighted by Crippen LogP contribution is 2.17. The van der Waals surface area contributed by atoms with E-state index in [-0.39, 0.29) is 24.6 Å². The van der Waals surface area contributed by atoms with Crippen LogP contribution in [0.15, 0.2) is 0 Å². The van der Waals surface area contributed by atoms with Gasteiger partial charge in [0.15, 0.2) is 0 Å². The Bertz CT molecular complexity index is 400. The molecule has 0 aromatic carbocycles. The molecule has 6 heteroatoms. The zero-order valence-corrected chi connectivity index (χ0v) is 17.0. The van der Waals surface area contributed by atoms with Crippen molar-refractivity contribution >= 4 is 5.97 Å². The Labute approximate surface area is 158 Å². The second-order valence-electron chi connectivity index (χ2n) is 8.45. The molecule has 1 N–H and O–H groups in total. The summed E-state index contributed by atoms with van der Waals surface area (Å²) in [6.45, 7) is 8.83. The van der Waals surface area contributed by atoms with Gasteiger partial charge in [-0.05, 0) is 40.2 Å². The summed E-state index contributed by atoms with van der Waals surface area (Å²) in [4.78, 5) is 14.3.